The summed E-state index contributed by atoms with van der Waals surface area (Å²) in [5.41, 5.74) is 1.55. The summed E-state index contributed by atoms with van der Waals surface area (Å²) in [4.78, 5) is 42.0. The van der Waals surface area contributed by atoms with Crippen molar-refractivity contribution >= 4 is 17.8 Å². The van der Waals surface area contributed by atoms with Crippen LogP contribution in [0.15, 0.2) is 30.5 Å². The second-order valence-electron chi connectivity index (χ2n) is 5.68. The largest absolute Gasteiger partial charge is 0.382 e. The van der Waals surface area contributed by atoms with E-state index >= 15 is 0 Å². The van der Waals surface area contributed by atoms with Crippen LogP contribution in [0.4, 0.5) is 0 Å². The number of hydrogen-bond donors (Lipinski definition) is 0. The fourth-order valence-corrected chi connectivity index (χ4v) is 2.77. The molecule has 0 bridgehead atoms. The van der Waals surface area contributed by atoms with Gasteiger partial charge in [-0.25, -0.2) is 4.79 Å². The number of hydroxylamine groups is 2. The predicted octanol–water partition coefficient (Wildman–Crippen LogP) is 1.67. The zero-order valence-corrected chi connectivity index (χ0v) is 12.4. The van der Waals surface area contributed by atoms with Crippen LogP contribution in [0.5, 0.6) is 0 Å². The quantitative estimate of drug-likeness (QED) is 0.805. The molecule has 7 nitrogen and oxygen atoms in total. The molecule has 0 atom stereocenters. The molecule has 2 amide bonds. The molecule has 1 aromatic heterocycles. The van der Waals surface area contributed by atoms with Gasteiger partial charge in [0, 0.05) is 12.6 Å². The first-order chi connectivity index (χ1) is 11.1. The monoisotopic (exact) mass is 311 g/mol. The van der Waals surface area contributed by atoms with Crippen molar-refractivity contribution in [2.24, 2.45) is 7.05 Å². The van der Waals surface area contributed by atoms with E-state index in [4.69, 9.17) is 4.84 Å². The summed E-state index contributed by atoms with van der Waals surface area (Å²) in [6.45, 7) is 0. The molecule has 7 heteroatoms. The standard InChI is InChI=1S/C16H13N3O4/c1-18-13(12(8-17-18)9-6-7-9)16(22)23-19-14(20)10-4-2-3-5-11(10)15(19)21/h2-5,8-9H,6-7H2,1H3. The maximum Gasteiger partial charge on any atom is 0.382 e. The molecule has 0 unspecified atom stereocenters. The van der Waals surface area contributed by atoms with E-state index in [1.165, 1.54) is 16.8 Å². The maximum absolute atomic E-state index is 12.4. The minimum Gasteiger partial charge on any atom is -0.323 e. The van der Waals surface area contributed by atoms with Crippen molar-refractivity contribution in [1.29, 1.82) is 0 Å². The third-order valence-corrected chi connectivity index (χ3v) is 4.11. The van der Waals surface area contributed by atoms with Crippen LogP contribution in [0.2, 0.25) is 0 Å². The first-order valence-corrected chi connectivity index (χ1v) is 7.30. The van der Waals surface area contributed by atoms with Gasteiger partial charge in [0.15, 0.2) is 5.69 Å². The van der Waals surface area contributed by atoms with Crippen molar-refractivity contribution in [3.63, 3.8) is 0 Å². The Kier molecular flexibility index (Phi) is 2.84. The molecular weight excluding hydrogens is 298 g/mol. The summed E-state index contributed by atoms with van der Waals surface area (Å²) in [5, 5.41) is 4.60. The molecule has 116 valence electrons. The minimum absolute atomic E-state index is 0.234. The third kappa shape index (κ3) is 2.04. The number of carbonyl (C=O) groups is 3. The normalized spacial score (nSPS) is 16.7. The number of hydrogen-bond acceptors (Lipinski definition) is 5. The second kappa shape index (κ2) is 4.77. The van der Waals surface area contributed by atoms with E-state index in [1.54, 1.807) is 25.4 Å². The average molecular weight is 311 g/mol. The molecule has 0 N–H and O–H groups in total. The number of fused-ring (bicyclic) bond motifs is 1. The smallest absolute Gasteiger partial charge is 0.323 e. The van der Waals surface area contributed by atoms with Gasteiger partial charge in [-0.3, -0.25) is 14.3 Å². The molecule has 1 saturated carbocycles. The van der Waals surface area contributed by atoms with Crippen molar-refractivity contribution in [3.8, 4) is 0 Å². The summed E-state index contributed by atoms with van der Waals surface area (Å²) >= 11 is 0. The molecule has 0 spiro atoms. The van der Waals surface area contributed by atoms with Gasteiger partial charge in [0.25, 0.3) is 11.8 Å². The molecule has 0 saturated heterocycles. The molecule has 0 radical (unpaired) electrons. The van der Waals surface area contributed by atoms with Gasteiger partial charge in [0.05, 0.1) is 17.3 Å². The van der Waals surface area contributed by atoms with Crippen molar-refractivity contribution in [2.45, 2.75) is 18.8 Å². The lowest BCUT2D eigenvalue weighted by atomic mass is 10.1. The zero-order chi connectivity index (χ0) is 16.1. The Bertz CT molecular complexity index is 816. The first-order valence-electron chi connectivity index (χ1n) is 7.30. The van der Waals surface area contributed by atoms with Crippen LogP contribution < -0.4 is 0 Å². The van der Waals surface area contributed by atoms with Crippen LogP contribution in [0, 0.1) is 0 Å². The van der Waals surface area contributed by atoms with Gasteiger partial charge in [0.2, 0.25) is 0 Å². The minimum atomic E-state index is -0.749. The number of nitrogens with zero attached hydrogens (tertiary/aromatic N) is 3. The Morgan fingerprint density at radius 2 is 1.78 bits per heavy atom. The first kappa shape index (κ1) is 13.7. The SMILES string of the molecule is Cn1ncc(C2CC2)c1C(=O)ON1C(=O)c2ccccc2C1=O. The summed E-state index contributed by atoms with van der Waals surface area (Å²) in [7, 11) is 1.63. The molecule has 1 aromatic carbocycles. The van der Waals surface area contributed by atoms with Gasteiger partial charge < -0.3 is 4.84 Å². The van der Waals surface area contributed by atoms with E-state index in [0.717, 1.165) is 18.4 Å². The van der Waals surface area contributed by atoms with Crippen LogP contribution in [-0.4, -0.2) is 32.6 Å². The van der Waals surface area contributed by atoms with E-state index in [2.05, 4.69) is 5.10 Å². The van der Waals surface area contributed by atoms with E-state index < -0.39 is 17.8 Å². The van der Waals surface area contributed by atoms with E-state index in [0.29, 0.717) is 11.0 Å². The van der Waals surface area contributed by atoms with Crippen LogP contribution in [0.3, 0.4) is 0 Å². The van der Waals surface area contributed by atoms with E-state index in [1.807, 2.05) is 0 Å². The van der Waals surface area contributed by atoms with Crippen LogP contribution >= 0.6 is 0 Å². The van der Waals surface area contributed by atoms with Gasteiger partial charge in [-0.15, -0.1) is 0 Å². The van der Waals surface area contributed by atoms with E-state index in [-0.39, 0.29) is 16.8 Å². The number of aryl methyl sites for hydroxylation is 1. The van der Waals surface area contributed by atoms with Crippen LogP contribution in [0.1, 0.15) is 55.5 Å². The number of aromatic nitrogens is 2. The molecule has 1 aliphatic carbocycles. The maximum atomic E-state index is 12.4. The molecule has 1 fully saturated rings. The van der Waals surface area contributed by atoms with Crippen molar-refractivity contribution in [3.05, 3.63) is 52.8 Å². The summed E-state index contributed by atoms with van der Waals surface area (Å²) in [6.07, 6.45) is 3.63. The van der Waals surface area contributed by atoms with Gasteiger partial charge >= 0.3 is 5.97 Å². The zero-order valence-electron chi connectivity index (χ0n) is 12.4. The van der Waals surface area contributed by atoms with Gasteiger partial charge in [-0.2, -0.15) is 5.10 Å². The number of rotatable bonds is 3. The second-order valence-corrected chi connectivity index (χ2v) is 5.68. The lowest BCUT2D eigenvalue weighted by Crippen LogP contribution is -2.33. The molecule has 2 aromatic rings. The van der Waals surface area contributed by atoms with Gasteiger partial charge in [-0.05, 0) is 30.9 Å². The van der Waals surface area contributed by atoms with Crippen molar-refractivity contribution < 1.29 is 19.2 Å². The van der Waals surface area contributed by atoms with Gasteiger partial charge in [0.1, 0.15) is 0 Å². The summed E-state index contributed by atoms with van der Waals surface area (Å²) in [5.74, 6) is -1.71. The summed E-state index contributed by atoms with van der Waals surface area (Å²) in [6, 6.07) is 6.37. The topological polar surface area (TPSA) is 81.5 Å². The molecule has 1 aliphatic heterocycles. The summed E-state index contributed by atoms with van der Waals surface area (Å²) < 4.78 is 1.41. The highest BCUT2D eigenvalue weighted by Gasteiger charge is 2.40. The average Bonchev–Trinajstić information content (AvgIpc) is 3.28. The van der Waals surface area contributed by atoms with Crippen molar-refractivity contribution in [1.82, 2.24) is 14.8 Å². The molecular formula is C16H13N3O4. The van der Waals surface area contributed by atoms with Crippen molar-refractivity contribution in [2.75, 3.05) is 0 Å². The Morgan fingerprint density at radius 3 is 2.35 bits per heavy atom. The Hall–Kier alpha value is -2.96. The number of benzene rings is 1. The highest BCUT2D eigenvalue weighted by Crippen LogP contribution is 2.41. The lowest BCUT2D eigenvalue weighted by molar-refractivity contribution is -0.0592. The highest BCUT2D eigenvalue weighted by molar-refractivity contribution is 6.21. The molecule has 23 heavy (non-hydrogen) atoms. The third-order valence-electron chi connectivity index (χ3n) is 4.11. The highest BCUT2D eigenvalue weighted by atomic mass is 16.7. The number of imide groups is 1. The number of carbonyl (C=O) groups excluding carboxylic acids is 3. The Morgan fingerprint density at radius 1 is 1.17 bits per heavy atom. The Labute approximate surface area is 131 Å². The number of amides is 2. The fraction of sp³-hybridized carbons (Fsp3) is 0.250. The molecule has 2 aliphatic rings. The molecule has 4 rings (SSSR count). The van der Waals surface area contributed by atoms with Crippen LogP contribution in [0.25, 0.3) is 0 Å². The van der Waals surface area contributed by atoms with Gasteiger partial charge in [-0.1, -0.05) is 17.2 Å². The van der Waals surface area contributed by atoms with Crippen LogP contribution in [-0.2, 0) is 11.9 Å². The Balaban J connectivity index is 1.62. The predicted molar refractivity (Wildman–Crippen MR) is 77.5 cm³/mol. The fourth-order valence-electron chi connectivity index (χ4n) is 2.77. The lowest BCUT2D eigenvalue weighted by Gasteiger charge is -2.13. The molecule has 2 heterocycles. The van der Waals surface area contributed by atoms with E-state index in [9.17, 15) is 14.4 Å².